The van der Waals surface area contributed by atoms with Crippen LogP contribution in [-0.4, -0.2) is 31.6 Å². The topological polar surface area (TPSA) is 37.4 Å². The summed E-state index contributed by atoms with van der Waals surface area (Å²) < 4.78 is 25.1. The van der Waals surface area contributed by atoms with Gasteiger partial charge in [0.25, 0.3) is 0 Å². The molecule has 0 spiro atoms. The van der Waals surface area contributed by atoms with Gasteiger partial charge in [0, 0.05) is 13.1 Å². The van der Waals surface area contributed by atoms with E-state index in [0.29, 0.717) is 5.75 Å². The maximum absolute atomic E-state index is 11.7. The highest BCUT2D eigenvalue weighted by molar-refractivity contribution is 7.89. The molecule has 1 aliphatic rings. The SMILES string of the molecule is CCCCCCS(=O)(=O)N1CCCC1. The molecule has 0 unspecified atom stereocenters. The lowest BCUT2D eigenvalue weighted by atomic mass is 10.2. The van der Waals surface area contributed by atoms with E-state index in [2.05, 4.69) is 6.92 Å². The Morgan fingerprint density at radius 3 is 2.29 bits per heavy atom. The van der Waals surface area contributed by atoms with Gasteiger partial charge >= 0.3 is 0 Å². The van der Waals surface area contributed by atoms with Crippen molar-refractivity contribution >= 4 is 10.0 Å². The Balaban J connectivity index is 2.26. The molecule has 0 bridgehead atoms. The van der Waals surface area contributed by atoms with Crippen molar-refractivity contribution in [3.05, 3.63) is 0 Å². The molecular weight excluding hydrogens is 198 g/mol. The van der Waals surface area contributed by atoms with E-state index in [0.717, 1.165) is 51.6 Å². The van der Waals surface area contributed by atoms with Crippen molar-refractivity contribution in [3.63, 3.8) is 0 Å². The minimum absolute atomic E-state index is 0.354. The zero-order valence-electron chi connectivity index (χ0n) is 9.04. The fourth-order valence-electron chi connectivity index (χ4n) is 1.81. The molecule has 0 N–H and O–H groups in total. The molecular formula is C10H21NO2S. The molecule has 14 heavy (non-hydrogen) atoms. The van der Waals surface area contributed by atoms with E-state index in [4.69, 9.17) is 0 Å². The Bertz CT molecular complexity index is 243. The predicted molar refractivity (Wildman–Crippen MR) is 58.7 cm³/mol. The van der Waals surface area contributed by atoms with Crippen LogP contribution in [0.25, 0.3) is 0 Å². The molecule has 0 aliphatic carbocycles. The highest BCUT2D eigenvalue weighted by Gasteiger charge is 2.24. The summed E-state index contributed by atoms with van der Waals surface area (Å²) in [5.41, 5.74) is 0. The maximum Gasteiger partial charge on any atom is 0.214 e. The highest BCUT2D eigenvalue weighted by atomic mass is 32.2. The first-order chi connectivity index (χ1) is 6.67. The molecule has 1 heterocycles. The maximum atomic E-state index is 11.7. The van der Waals surface area contributed by atoms with E-state index in [-0.39, 0.29) is 0 Å². The zero-order chi connectivity index (χ0) is 10.4. The van der Waals surface area contributed by atoms with Crippen LogP contribution in [0.2, 0.25) is 0 Å². The predicted octanol–water partition coefficient (Wildman–Crippen LogP) is 1.99. The van der Waals surface area contributed by atoms with Crippen molar-refractivity contribution in [1.29, 1.82) is 0 Å². The first kappa shape index (κ1) is 12.0. The molecule has 0 amide bonds. The molecule has 4 heteroatoms. The van der Waals surface area contributed by atoms with Gasteiger partial charge in [0.15, 0.2) is 0 Å². The van der Waals surface area contributed by atoms with Gasteiger partial charge in [0.1, 0.15) is 0 Å². The number of hydrogen-bond donors (Lipinski definition) is 0. The van der Waals surface area contributed by atoms with Crippen LogP contribution in [0, 0.1) is 0 Å². The molecule has 1 rings (SSSR count). The molecule has 0 radical (unpaired) electrons. The molecule has 84 valence electrons. The normalized spacial score (nSPS) is 18.9. The largest absolute Gasteiger partial charge is 0.214 e. The molecule has 0 atom stereocenters. The molecule has 1 fully saturated rings. The third-order valence-electron chi connectivity index (χ3n) is 2.71. The average molecular weight is 219 g/mol. The average Bonchev–Trinajstić information content (AvgIpc) is 2.65. The van der Waals surface area contributed by atoms with Crippen LogP contribution in [-0.2, 0) is 10.0 Å². The third-order valence-corrected chi connectivity index (χ3v) is 4.67. The van der Waals surface area contributed by atoms with Gasteiger partial charge in [-0.2, -0.15) is 0 Å². The van der Waals surface area contributed by atoms with E-state index in [9.17, 15) is 8.42 Å². The van der Waals surface area contributed by atoms with Crippen LogP contribution in [0.5, 0.6) is 0 Å². The van der Waals surface area contributed by atoms with Gasteiger partial charge in [0.05, 0.1) is 5.75 Å². The summed E-state index contributed by atoms with van der Waals surface area (Å²) in [4.78, 5) is 0. The van der Waals surface area contributed by atoms with Gasteiger partial charge in [-0.15, -0.1) is 0 Å². The summed E-state index contributed by atoms with van der Waals surface area (Å²) in [5.74, 6) is 0.354. The van der Waals surface area contributed by atoms with Gasteiger partial charge in [0.2, 0.25) is 10.0 Å². The standard InChI is InChI=1S/C10H21NO2S/c1-2-3-4-7-10-14(12,13)11-8-5-6-9-11/h2-10H2,1H3. The molecule has 0 saturated carbocycles. The second kappa shape index (κ2) is 5.71. The first-order valence-corrected chi connectivity index (χ1v) is 7.25. The number of hydrogen-bond acceptors (Lipinski definition) is 2. The molecule has 1 aliphatic heterocycles. The summed E-state index contributed by atoms with van der Waals surface area (Å²) >= 11 is 0. The van der Waals surface area contributed by atoms with Crippen molar-refractivity contribution in [3.8, 4) is 0 Å². The van der Waals surface area contributed by atoms with Crippen LogP contribution in [0.4, 0.5) is 0 Å². The molecule has 3 nitrogen and oxygen atoms in total. The van der Waals surface area contributed by atoms with E-state index in [1.165, 1.54) is 0 Å². The van der Waals surface area contributed by atoms with Gasteiger partial charge in [-0.3, -0.25) is 0 Å². The van der Waals surface area contributed by atoms with Gasteiger partial charge in [-0.25, -0.2) is 12.7 Å². The number of nitrogens with zero attached hydrogens (tertiary/aromatic N) is 1. The van der Waals surface area contributed by atoms with Gasteiger partial charge in [-0.05, 0) is 19.3 Å². The Labute approximate surface area is 87.5 Å². The lowest BCUT2D eigenvalue weighted by molar-refractivity contribution is 0.474. The Kier molecular flexibility index (Phi) is 4.89. The van der Waals surface area contributed by atoms with E-state index < -0.39 is 10.0 Å². The van der Waals surface area contributed by atoms with Crippen LogP contribution < -0.4 is 0 Å². The zero-order valence-corrected chi connectivity index (χ0v) is 9.85. The highest BCUT2D eigenvalue weighted by Crippen LogP contribution is 2.14. The molecule has 1 saturated heterocycles. The number of rotatable bonds is 6. The molecule has 0 aromatic carbocycles. The third kappa shape index (κ3) is 3.58. The summed E-state index contributed by atoms with van der Waals surface area (Å²) in [6.07, 6.45) is 6.25. The van der Waals surface area contributed by atoms with E-state index >= 15 is 0 Å². The smallest absolute Gasteiger partial charge is 0.212 e. The second-order valence-corrected chi connectivity index (χ2v) is 6.07. The van der Waals surface area contributed by atoms with Crippen molar-refractivity contribution in [2.75, 3.05) is 18.8 Å². The summed E-state index contributed by atoms with van der Waals surface area (Å²) in [6, 6.07) is 0. The lowest BCUT2D eigenvalue weighted by Gasteiger charge is -2.14. The van der Waals surface area contributed by atoms with Crippen molar-refractivity contribution in [1.82, 2.24) is 4.31 Å². The van der Waals surface area contributed by atoms with Gasteiger partial charge < -0.3 is 0 Å². The van der Waals surface area contributed by atoms with Crippen LogP contribution in [0.15, 0.2) is 0 Å². The van der Waals surface area contributed by atoms with Crippen LogP contribution in [0.1, 0.15) is 45.4 Å². The number of sulfonamides is 1. The minimum Gasteiger partial charge on any atom is -0.212 e. The first-order valence-electron chi connectivity index (χ1n) is 5.64. The van der Waals surface area contributed by atoms with Crippen molar-refractivity contribution in [2.24, 2.45) is 0 Å². The van der Waals surface area contributed by atoms with Crippen LogP contribution >= 0.6 is 0 Å². The Morgan fingerprint density at radius 2 is 1.71 bits per heavy atom. The lowest BCUT2D eigenvalue weighted by Crippen LogP contribution is -2.30. The second-order valence-electron chi connectivity index (χ2n) is 3.98. The minimum atomic E-state index is -2.91. The quantitative estimate of drug-likeness (QED) is 0.641. The summed E-state index contributed by atoms with van der Waals surface area (Å²) in [7, 11) is -2.91. The summed E-state index contributed by atoms with van der Waals surface area (Å²) in [5, 5.41) is 0. The number of unbranched alkanes of at least 4 members (excludes halogenated alkanes) is 3. The van der Waals surface area contributed by atoms with Crippen molar-refractivity contribution < 1.29 is 8.42 Å². The van der Waals surface area contributed by atoms with E-state index in [1.807, 2.05) is 0 Å². The monoisotopic (exact) mass is 219 g/mol. The van der Waals surface area contributed by atoms with Crippen LogP contribution in [0.3, 0.4) is 0 Å². The Morgan fingerprint density at radius 1 is 1.07 bits per heavy atom. The molecule has 0 aromatic heterocycles. The van der Waals surface area contributed by atoms with Crippen molar-refractivity contribution in [2.45, 2.75) is 45.4 Å². The molecule has 0 aromatic rings. The van der Waals surface area contributed by atoms with E-state index in [1.54, 1.807) is 4.31 Å². The fourth-order valence-corrected chi connectivity index (χ4v) is 3.45. The summed E-state index contributed by atoms with van der Waals surface area (Å²) in [6.45, 7) is 3.63. The van der Waals surface area contributed by atoms with Gasteiger partial charge in [-0.1, -0.05) is 26.2 Å². The Hall–Kier alpha value is -0.0900. The fraction of sp³-hybridized carbons (Fsp3) is 1.00.